The van der Waals surface area contributed by atoms with E-state index in [1.165, 1.54) is 35.6 Å². The summed E-state index contributed by atoms with van der Waals surface area (Å²) in [6, 6.07) is 5.34. The number of nitrogens with one attached hydrogen (secondary N) is 2. The SMILES string of the molecule is CC(C)(C)N(CC(=O)NC1CCCCC1)C(=O)C[S@@](=O)CC(=O)Nc1ccc(F)cc1. The number of amides is 3. The van der Waals surface area contributed by atoms with Gasteiger partial charge < -0.3 is 15.5 Å². The predicted octanol–water partition coefficient (Wildman–Crippen LogP) is 2.59. The first-order chi connectivity index (χ1) is 14.5. The molecule has 1 fully saturated rings. The molecule has 0 spiro atoms. The maximum Gasteiger partial charge on any atom is 0.239 e. The lowest BCUT2D eigenvalue weighted by Crippen LogP contribution is -2.53. The fourth-order valence-corrected chi connectivity index (χ4v) is 4.40. The number of carbonyl (C=O) groups excluding carboxylic acids is 3. The summed E-state index contributed by atoms with van der Waals surface area (Å²) >= 11 is 0. The van der Waals surface area contributed by atoms with E-state index in [9.17, 15) is 23.0 Å². The van der Waals surface area contributed by atoms with E-state index in [1.807, 2.05) is 20.8 Å². The third-order valence-corrected chi connectivity index (χ3v) is 6.24. The number of anilines is 1. The highest BCUT2D eigenvalue weighted by Gasteiger charge is 2.30. The average Bonchev–Trinajstić information content (AvgIpc) is 2.67. The Labute approximate surface area is 185 Å². The Kier molecular flexibility index (Phi) is 9.15. The van der Waals surface area contributed by atoms with Crippen LogP contribution < -0.4 is 10.6 Å². The first-order valence-corrected chi connectivity index (χ1v) is 12.0. The molecule has 0 aromatic heterocycles. The van der Waals surface area contributed by atoms with Crippen LogP contribution in [-0.2, 0) is 25.2 Å². The highest BCUT2D eigenvalue weighted by atomic mass is 32.2. The highest BCUT2D eigenvalue weighted by molar-refractivity contribution is 7.86. The minimum Gasteiger partial charge on any atom is -0.352 e. The molecular formula is C22H32FN3O4S. The van der Waals surface area contributed by atoms with Gasteiger partial charge in [0.2, 0.25) is 17.7 Å². The molecule has 1 atom stereocenters. The Hall–Kier alpha value is -2.29. The summed E-state index contributed by atoms with van der Waals surface area (Å²) in [5.74, 6) is -2.36. The van der Waals surface area contributed by atoms with Crippen LogP contribution in [-0.4, -0.2) is 56.5 Å². The molecule has 9 heteroatoms. The third-order valence-electron chi connectivity index (χ3n) is 5.09. The highest BCUT2D eigenvalue weighted by Crippen LogP contribution is 2.18. The number of rotatable bonds is 8. The van der Waals surface area contributed by atoms with Crippen molar-refractivity contribution >= 4 is 34.2 Å². The average molecular weight is 454 g/mol. The molecule has 1 aromatic carbocycles. The molecule has 2 rings (SSSR count). The predicted molar refractivity (Wildman–Crippen MR) is 119 cm³/mol. The van der Waals surface area contributed by atoms with Crippen molar-refractivity contribution in [2.75, 3.05) is 23.4 Å². The van der Waals surface area contributed by atoms with Crippen molar-refractivity contribution in [3.05, 3.63) is 30.1 Å². The zero-order valence-corrected chi connectivity index (χ0v) is 19.2. The number of hydrogen-bond acceptors (Lipinski definition) is 4. The van der Waals surface area contributed by atoms with E-state index < -0.39 is 34.0 Å². The van der Waals surface area contributed by atoms with Crippen LogP contribution in [0.2, 0.25) is 0 Å². The number of halogens is 1. The zero-order chi connectivity index (χ0) is 23.0. The normalized spacial score (nSPS) is 15.7. The van der Waals surface area contributed by atoms with Crippen molar-refractivity contribution < 1.29 is 23.0 Å². The Morgan fingerprint density at radius 3 is 2.23 bits per heavy atom. The lowest BCUT2D eigenvalue weighted by molar-refractivity contribution is -0.138. The fourth-order valence-electron chi connectivity index (χ4n) is 3.51. The van der Waals surface area contributed by atoms with Gasteiger partial charge in [-0.05, 0) is 57.9 Å². The lowest BCUT2D eigenvalue weighted by atomic mass is 9.95. The summed E-state index contributed by atoms with van der Waals surface area (Å²) < 4.78 is 25.3. The third kappa shape index (κ3) is 8.77. The maximum absolute atomic E-state index is 12.9. The van der Waals surface area contributed by atoms with Gasteiger partial charge in [0.1, 0.15) is 23.9 Å². The quantitative estimate of drug-likeness (QED) is 0.632. The molecular weight excluding hydrogens is 421 g/mol. The van der Waals surface area contributed by atoms with Crippen molar-refractivity contribution in [1.29, 1.82) is 0 Å². The number of benzene rings is 1. The van der Waals surface area contributed by atoms with Crippen molar-refractivity contribution in [2.24, 2.45) is 0 Å². The van der Waals surface area contributed by atoms with Crippen LogP contribution in [0.5, 0.6) is 0 Å². The Bertz CT molecular complexity index is 802. The van der Waals surface area contributed by atoms with E-state index in [1.54, 1.807) is 0 Å². The van der Waals surface area contributed by atoms with E-state index >= 15 is 0 Å². The second-order valence-corrected chi connectivity index (χ2v) is 10.3. The molecule has 2 N–H and O–H groups in total. The van der Waals surface area contributed by atoms with Gasteiger partial charge in [-0.1, -0.05) is 19.3 Å². The van der Waals surface area contributed by atoms with E-state index in [4.69, 9.17) is 0 Å². The summed E-state index contributed by atoms with van der Waals surface area (Å²) in [7, 11) is -1.74. The molecule has 7 nitrogen and oxygen atoms in total. The summed E-state index contributed by atoms with van der Waals surface area (Å²) in [6.45, 7) is 5.31. The van der Waals surface area contributed by atoms with Crippen molar-refractivity contribution in [3.8, 4) is 0 Å². The molecule has 31 heavy (non-hydrogen) atoms. The molecule has 3 amide bonds. The van der Waals surface area contributed by atoms with Crippen LogP contribution in [0.4, 0.5) is 10.1 Å². The second-order valence-electron chi connectivity index (χ2n) is 8.84. The standard InChI is InChI=1S/C22H32FN3O4S/c1-22(2,3)26(13-19(27)24-17-7-5-4-6-8-17)21(29)15-31(30)14-20(28)25-18-11-9-16(23)10-12-18/h9-12,17H,4-8,13-15H2,1-3H3,(H,24,27)(H,25,28)/t31-/m0/s1. The molecule has 0 saturated heterocycles. The molecule has 172 valence electrons. The molecule has 0 radical (unpaired) electrons. The fraction of sp³-hybridized carbons (Fsp3) is 0.591. The molecule has 1 aliphatic carbocycles. The van der Waals surface area contributed by atoms with Crippen LogP contribution >= 0.6 is 0 Å². The van der Waals surface area contributed by atoms with Crippen molar-refractivity contribution in [2.45, 2.75) is 64.5 Å². The van der Waals surface area contributed by atoms with E-state index in [0.717, 1.165) is 25.7 Å². The Balaban J connectivity index is 1.88. The van der Waals surface area contributed by atoms with Gasteiger partial charge in [0.25, 0.3) is 0 Å². The lowest BCUT2D eigenvalue weighted by Gasteiger charge is -2.35. The first kappa shape index (κ1) is 25.0. The molecule has 0 heterocycles. The number of hydrogen-bond donors (Lipinski definition) is 2. The van der Waals surface area contributed by atoms with Gasteiger partial charge >= 0.3 is 0 Å². The Morgan fingerprint density at radius 2 is 1.65 bits per heavy atom. The molecule has 0 unspecified atom stereocenters. The van der Waals surface area contributed by atoms with Crippen LogP contribution in [0.15, 0.2) is 24.3 Å². The number of carbonyl (C=O) groups is 3. The smallest absolute Gasteiger partial charge is 0.239 e. The van der Waals surface area contributed by atoms with Crippen LogP contribution in [0.25, 0.3) is 0 Å². The van der Waals surface area contributed by atoms with Gasteiger partial charge in [0, 0.05) is 28.1 Å². The molecule has 1 saturated carbocycles. The number of nitrogens with zero attached hydrogens (tertiary/aromatic N) is 1. The van der Waals surface area contributed by atoms with Crippen LogP contribution in [0.3, 0.4) is 0 Å². The van der Waals surface area contributed by atoms with E-state index in [0.29, 0.717) is 5.69 Å². The summed E-state index contributed by atoms with van der Waals surface area (Å²) in [5, 5.41) is 5.52. The summed E-state index contributed by atoms with van der Waals surface area (Å²) in [4.78, 5) is 38.7. The van der Waals surface area contributed by atoms with E-state index in [2.05, 4.69) is 10.6 Å². The van der Waals surface area contributed by atoms with Gasteiger partial charge in [0.15, 0.2) is 0 Å². The zero-order valence-electron chi connectivity index (χ0n) is 18.4. The van der Waals surface area contributed by atoms with Gasteiger partial charge in [-0.2, -0.15) is 0 Å². The topological polar surface area (TPSA) is 95.6 Å². The monoisotopic (exact) mass is 453 g/mol. The minimum absolute atomic E-state index is 0.113. The van der Waals surface area contributed by atoms with Crippen molar-refractivity contribution in [3.63, 3.8) is 0 Å². The molecule has 0 aliphatic heterocycles. The van der Waals surface area contributed by atoms with Gasteiger partial charge in [-0.3, -0.25) is 18.6 Å². The largest absolute Gasteiger partial charge is 0.352 e. The summed E-state index contributed by atoms with van der Waals surface area (Å²) in [5.41, 5.74) is -0.257. The maximum atomic E-state index is 12.9. The first-order valence-electron chi connectivity index (χ1n) is 10.5. The summed E-state index contributed by atoms with van der Waals surface area (Å²) in [6.07, 6.45) is 5.25. The van der Waals surface area contributed by atoms with E-state index in [-0.39, 0.29) is 30.0 Å². The van der Waals surface area contributed by atoms with Crippen molar-refractivity contribution in [1.82, 2.24) is 10.2 Å². The van der Waals surface area contributed by atoms with Gasteiger partial charge in [-0.15, -0.1) is 0 Å². The van der Waals surface area contributed by atoms with Gasteiger partial charge in [-0.25, -0.2) is 4.39 Å². The molecule has 1 aliphatic rings. The second kappa shape index (κ2) is 11.4. The van der Waals surface area contributed by atoms with Crippen LogP contribution in [0.1, 0.15) is 52.9 Å². The van der Waals surface area contributed by atoms with Gasteiger partial charge in [0.05, 0.1) is 0 Å². The minimum atomic E-state index is -1.74. The van der Waals surface area contributed by atoms with Crippen LogP contribution in [0, 0.1) is 5.82 Å². The molecule has 1 aromatic rings. The Morgan fingerprint density at radius 1 is 1.03 bits per heavy atom. The molecule has 0 bridgehead atoms.